The number of urea groups is 1. The summed E-state index contributed by atoms with van der Waals surface area (Å²) in [6.45, 7) is 6.04. The molecular formula is C17H27N5O2. The fourth-order valence-corrected chi connectivity index (χ4v) is 3.66. The first-order valence-electron chi connectivity index (χ1n) is 8.92. The summed E-state index contributed by atoms with van der Waals surface area (Å²) in [6.07, 6.45) is 6.61. The lowest BCUT2D eigenvalue weighted by molar-refractivity contribution is -0.133. The smallest absolute Gasteiger partial charge is 0.325 e. The minimum absolute atomic E-state index is 0.121. The van der Waals surface area contributed by atoms with Gasteiger partial charge >= 0.3 is 6.03 Å². The first-order chi connectivity index (χ1) is 11.5. The van der Waals surface area contributed by atoms with Gasteiger partial charge in [-0.2, -0.15) is 0 Å². The Balaban J connectivity index is 1.68. The molecule has 0 aromatic carbocycles. The van der Waals surface area contributed by atoms with Crippen molar-refractivity contribution in [3.05, 3.63) is 17.7 Å². The zero-order chi connectivity index (χ0) is 17.2. The zero-order valence-electron chi connectivity index (χ0n) is 14.5. The number of H-pyrrole nitrogens is 1. The predicted molar refractivity (Wildman–Crippen MR) is 90.3 cm³/mol. The second-order valence-electron chi connectivity index (χ2n) is 7.01. The number of aryl methyl sites for hydroxylation is 1. The number of nitrogens with zero attached hydrogens (tertiary/aromatic N) is 2. The second kappa shape index (κ2) is 6.93. The molecule has 3 N–H and O–H groups in total. The molecule has 1 aromatic heterocycles. The van der Waals surface area contributed by atoms with E-state index in [1.807, 2.05) is 6.92 Å². The molecule has 24 heavy (non-hydrogen) atoms. The van der Waals surface area contributed by atoms with Crippen LogP contribution in [-0.4, -0.2) is 45.4 Å². The van der Waals surface area contributed by atoms with Gasteiger partial charge in [0.15, 0.2) is 0 Å². The van der Waals surface area contributed by atoms with E-state index in [0.29, 0.717) is 0 Å². The van der Waals surface area contributed by atoms with Gasteiger partial charge in [0.05, 0.1) is 18.4 Å². The fraction of sp³-hybridized carbons (Fsp3) is 0.706. The molecule has 0 spiro atoms. The monoisotopic (exact) mass is 333 g/mol. The molecular weight excluding hydrogens is 306 g/mol. The predicted octanol–water partition coefficient (Wildman–Crippen LogP) is 1.56. The van der Waals surface area contributed by atoms with Gasteiger partial charge in [0.2, 0.25) is 0 Å². The van der Waals surface area contributed by atoms with Crippen LogP contribution in [0, 0.1) is 5.92 Å². The van der Waals surface area contributed by atoms with E-state index in [4.69, 9.17) is 0 Å². The number of hydrogen-bond acceptors (Lipinski definition) is 4. The Hall–Kier alpha value is -1.89. The quantitative estimate of drug-likeness (QED) is 0.689. The van der Waals surface area contributed by atoms with Gasteiger partial charge in [0.1, 0.15) is 11.4 Å². The van der Waals surface area contributed by atoms with Crippen molar-refractivity contribution in [1.82, 2.24) is 25.5 Å². The van der Waals surface area contributed by atoms with Crippen molar-refractivity contribution in [2.45, 2.75) is 58.0 Å². The number of unbranched alkanes of at least 4 members (excludes halogenated alkanes) is 1. The van der Waals surface area contributed by atoms with E-state index in [2.05, 4.69) is 27.5 Å². The molecule has 3 amide bonds. The molecule has 7 heteroatoms. The number of imide groups is 1. The normalized spacial score (nSPS) is 25.3. The highest BCUT2D eigenvalue weighted by atomic mass is 16.2. The van der Waals surface area contributed by atoms with Gasteiger partial charge in [0.25, 0.3) is 5.91 Å². The highest BCUT2D eigenvalue weighted by Gasteiger charge is 2.52. The molecule has 1 aromatic rings. The first-order valence-corrected chi connectivity index (χ1v) is 8.92. The van der Waals surface area contributed by atoms with Crippen molar-refractivity contribution < 1.29 is 9.59 Å². The van der Waals surface area contributed by atoms with Crippen LogP contribution in [-0.2, 0) is 17.8 Å². The van der Waals surface area contributed by atoms with Crippen molar-refractivity contribution in [2.24, 2.45) is 5.92 Å². The van der Waals surface area contributed by atoms with Gasteiger partial charge in [0, 0.05) is 6.42 Å². The van der Waals surface area contributed by atoms with Gasteiger partial charge in [-0.25, -0.2) is 9.78 Å². The minimum atomic E-state index is -0.787. The molecule has 0 aliphatic carbocycles. The molecule has 2 aliphatic rings. The van der Waals surface area contributed by atoms with Crippen molar-refractivity contribution in [3.63, 3.8) is 0 Å². The van der Waals surface area contributed by atoms with Gasteiger partial charge in [-0.15, -0.1) is 0 Å². The van der Waals surface area contributed by atoms with Crippen LogP contribution in [0.1, 0.15) is 51.0 Å². The molecule has 2 fully saturated rings. The van der Waals surface area contributed by atoms with Crippen LogP contribution in [0.15, 0.2) is 6.20 Å². The number of nitrogens with one attached hydrogen (secondary N) is 3. The van der Waals surface area contributed by atoms with Crippen LogP contribution in [0.3, 0.4) is 0 Å². The SMILES string of the molecule is CCCCc1ncc(CN2C(=O)N[C@](C)(C3CCNCC3)C2=O)[nH]1. The van der Waals surface area contributed by atoms with Crippen LogP contribution in [0.25, 0.3) is 0 Å². The Morgan fingerprint density at radius 2 is 2.08 bits per heavy atom. The second-order valence-corrected chi connectivity index (χ2v) is 7.01. The lowest BCUT2D eigenvalue weighted by atomic mass is 9.79. The highest BCUT2D eigenvalue weighted by molar-refractivity contribution is 6.06. The number of amides is 3. The maximum Gasteiger partial charge on any atom is 0.325 e. The molecule has 1 atom stereocenters. The lowest BCUT2D eigenvalue weighted by Crippen LogP contribution is -2.53. The average Bonchev–Trinajstić information content (AvgIpc) is 3.13. The third kappa shape index (κ3) is 3.17. The first kappa shape index (κ1) is 17.0. The third-order valence-corrected chi connectivity index (χ3v) is 5.23. The van der Waals surface area contributed by atoms with Gasteiger partial charge in [-0.1, -0.05) is 13.3 Å². The van der Waals surface area contributed by atoms with Crippen LogP contribution < -0.4 is 10.6 Å². The topological polar surface area (TPSA) is 90.1 Å². The van der Waals surface area contributed by atoms with Crippen LogP contribution in [0.2, 0.25) is 0 Å². The van der Waals surface area contributed by atoms with Gasteiger partial charge < -0.3 is 15.6 Å². The maximum atomic E-state index is 12.9. The molecule has 0 unspecified atom stereocenters. The molecule has 2 aliphatic heterocycles. The van der Waals surface area contributed by atoms with E-state index in [1.54, 1.807) is 6.20 Å². The van der Waals surface area contributed by atoms with Crippen LogP contribution in [0.5, 0.6) is 0 Å². The lowest BCUT2D eigenvalue weighted by Gasteiger charge is -2.34. The number of aromatic amines is 1. The Labute approximate surface area is 142 Å². The molecule has 0 saturated carbocycles. The van der Waals surface area contributed by atoms with Crippen molar-refractivity contribution >= 4 is 11.9 Å². The third-order valence-electron chi connectivity index (χ3n) is 5.23. The largest absolute Gasteiger partial charge is 0.344 e. The van der Waals surface area contributed by atoms with E-state index in [0.717, 1.165) is 56.7 Å². The molecule has 132 valence electrons. The standard InChI is InChI=1S/C17H27N5O2/c1-3-4-5-14-19-10-13(20-14)11-22-15(23)17(2,21-16(22)24)12-6-8-18-9-7-12/h10,12,18H,3-9,11H2,1-2H3,(H,19,20)(H,21,24)/t17-/m1/s1. The molecule has 2 saturated heterocycles. The van der Waals surface area contributed by atoms with E-state index >= 15 is 0 Å². The summed E-state index contributed by atoms with van der Waals surface area (Å²) in [7, 11) is 0. The van der Waals surface area contributed by atoms with Crippen LogP contribution >= 0.6 is 0 Å². The number of hydrogen-bond donors (Lipinski definition) is 3. The number of carbonyl (C=O) groups is 2. The molecule has 3 heterocycles. The average molecular weight is 333 g/mol. The number of rotatable bonds is 6. The molecule has 0 radical (unpaired) electrons. The molecule has 7 nitrogen and oxygen atoms in total. The van der Waals surface area contributed by atoms with Gasteiger partial charge in [-0.3, -0.25) is 9.69 Å². The molecule has 0 bridgehead atoms. The summed E-state index contributed by atoms with van der Waals surface area (Å²) in [5.41, 5.74) is 0.0173. The Bertz CT molecular complexity index is 608. The van der Waals surface area contributed by atoms with E-state index in [-0.39, 0.29) is 24.4 Å². The fourth-order valence-electron chi connectivity index (χ4n) is 3.66. The van der Waals surface area contributed by atoms with Crippen molar-refractivity contribution in [3.8, 4) is 0 Å². The summed E-state index contributed by atoms with van der Waals surface area (Å²) in [6, 6.07) is -0.300. The zero-order valence-corrected chi connectivity index (χ0v) is 14.5. The summed E-state index contributed by atoms with van der Waals surface area (Å²) in [5, 5.41) is 6.24. The maximum absolute atomic E-state index is 12.9. The van der Waals surface area contributed by atoms with Crippen molar-refractivity contribution in [2.75, 3.05) is 13.1 Å². The Morgan fingerprint density at radius 1 is 1.33 bits per heavy atom. The summed E-state index contributed by atoms with van der Waals surface area (Å²) in [5.74, 6) is 0.978. The summed E-state index contributed by atoms with van der Waals surface area (Å²) in [4.78, 5) is 34.2. The summed E-state index contributed by atoms with van der Waals surface area (Å²) < 4.78 is 0. The highest BCUT2D eigenvalue weighted by Crippen LogP contribution is 2.32. The number of imidazole rings is 1. The minimum Gasteiger partial charge on any atom is -0.344 e. The number of piperidine rings is 1. The van der Waals surface area contributed by atoms with Crippen molar-refractivity contribution in [1.29, 1.82) is 0 Å². The number of carbonyl (C=O) groups excluding carboxylic acids is 2. The van der Waals surface area contributed by atoms with E-state index < -0.39 is 5.54 Å². The summed E-state index contributed by atoms with van der Waals surface area (Å²) >= 11 is 0. The van der Waals surface area contributed by atoms with E-state index in [1.165, 1.54) is 4.90 Å². The molecule has 3 rings (SSSR count). The Morgan fingerprint density at radius 3 is 2.79 bits per heavy atom. The van der Waals surface area contributed by atoms with E-state index in [9.17, 15) is 9.59 Å². The van der Waals surface area contributed by atoms with Gasteiger partial charge in [-0.05, 0) is 45.2 Å². The Kier molecular flexibility index (Phi) is 4.89. The number of aromatic nitrogens is 2. The van der Waals surface area contributed by atoms with Crippen LogP contribution in [0.4, 0.5) is 4.79 Å².